The van der Waals surface area contributed by atoms with Crippen molar-refractivity contribution in [2.45, 2.75) is 33.2 Å². The molecule has 0 radical (unpaired) electrons. The molecular formula is C16H22N2O2. The second kappa shape index (κ2) is 6.18. The number of nitrogens with zero attached hydrogens (tertiary/aromatic N) is 2. The summed E-state index contributed by atoms with van der Waals surface area (Å²) in [5.74, 6) is -0.0681. The van der Waals surface area contributed by atoms with E-state index in [4.69, 9.17) is 4.84 Å². The van der Waals surface area contributed by atoms with Gasteiger partial charge >= 0.3 is 5.97 Å². The van der Waals surface area contributed by atoms with E-state index in [1.807, 2.05) is 25.1 Å². The second-order valence-electron chi connectivity index (χ2n) is 5.72. The molecule has 2 atom stereocenters. The summed E-state index contributed by atoms with van der Waals surface area (Å²) in [5, 5.41) is 4.10. The second-order valence-corrected chi connectivity index (χ2v) is 5.72. The monoisotopic (exact) mass is 274 g/mol. The van der Waals surface area contributed by atoms with E-state index in [2.05, 4.69) is 31.0 Å². The molecule has 0 aromatic heterocycles. The van der Waals surface area contributed by atoms with E-state index in [1.165, 1.54) is 0 Å². The van der Waals surface area contributed by atoms with Crippen molar-refractivity contribution in [1.82, 2.24) is 4.90 Å². The summed E-state index contributed by atoms with van der Waals surface area (Å²) >= 11 is 0. The first-order valence-electron chi connectivity index (χ1n) is 7.02. The zero-order chi connectivity index (χ0) is 14.7. The molecule has 1 aliphatic rings. The van der Waals surface area contributed by atoms with Crippen molar-refractivity contribution in [3.8, 4) is 0 Å². The SMILES string of the molecule is Cc1cccc(C(=O)O/N=C2/C[C@@H](C)N(C)C[C@H]2C)c1. The molecule has 1 saturated heterocycles. The van der Waals surface area contributed by atoms with Gasteiger partial charge in [-0.05, 0) is 33.0 Å². The summed E-state index contributed by atoms with van der Waals surface area (Å²) in [6, 6.07) is 7.78. The maximum Gasteiger partial charge on any atom is 0.365 e. The summed E-state index contributed by atoms with van der Waals surface area (Å²) in [6.45, 7) is 7.16. The quantitative estimate of drug-likeness (QED) is 0.615. The summed E-state index contributed by atoms with van der Waals surface area (Å²) in [5.41, 5.74) is 2.55. The average Bonchev–Trinajstić information content (AvgIpc) is 2.41. The van der Waals surface area contributed by atoms with Gasteiger partial charge in [-0.3, -0.25) is 0 Å². The van der Waals surface area contributed by atoms with Crippen molar-refractivity contribution in [2.75, 3.05) is 13.6 Å². The van der Waals surface area contributed by atoms with Gasteiger partial charge in [0.2, 0.25) is 0 Å². The summed E-state index contributed by atoms with van der Waals surface area (Å²) in [4.78, 5) is 19.4. The Kier molecular flexibility index (Phi) is 4.55. The summed E-state index contributed by atoms with van der Waals surface area (Å²) in [7, 11) is 2.11. The fourth-order valence-electron chi connectivity index (χ4n) is 2.43. The molecule has 0 unspecified atom stereocenters. The highest BCUT2D eigenvalue weighted by molar-refractivity contribution is 5.92. The van der Waals surface area contributed by atoms with Crippen molar-refractivity contribution < 1.29 is 9.63 Å². The van der Waals surface area contributed by atoms with Crippen LogP contribution in [0.4, 0.5) is 0 Å². The molecule has 1 aromatic carbocycles. The molecule has 2 rings (SSSR count). The van der Waals surface area contributed by atoms with Gasteiger partial charge in [0.1, 0.15) is 0 Å². The molecule has 20 heavy (non-hydrogen) atoms. The molecule has 0 bridgehead atoms. The summed E-state index contributed by atoms with van der Waals surface area (Å²) in [6.07, 6.45) is 0.846. The lowest BCUT2D eigenvalue weighted by Crippen LogP contribution is -2.43. The molecule has 4 heteroatoms. The van der Waals surface area contributed by atoms with E-state index in [0.29, 0.717) is 17.5 Å². The molecule has 0 N–H and O–H groups in total. The molecule has 0 amide bonds. The van der Waals surface area contributed by atoms with Crippen LogP contribution >= 0.6 is 0 Å². The third-order valence-electron chi connectivity index (χ3n) is 3.89. The Labute approximate surface area is 120 Å². The van der Waals surface area contributed by atoms with Gasteiger partial charge in [-0.25, -0.2) is 4.79 Å². The van der Waals surface area contributed by atoms with E-state index in [0.717, 1.165) is 24.2 Å². The van der Waals surface area contributed by atoms with Crippen LogP contribution in [0.2, 0.25) is 0 Å². The minimum absolute atomic E-state index is 0.321. The van der Waals surface area contributed by atoms with Crippen LogP contribution in [-0.2, 0) is 4.84 Å². The Bertz CT molecular complexity index is 525. The van der Waals surface area contributed by atoms with Crippen LogP contribution in [0, 0.1) is 12.8 Å². The lowest BCUT2D eigenvalue weighted by molar-refractivity contribution is 0.0508. The lowest BCUT2D eigenvalue weighted by Gasteiger charge is -2.34. The number of hydrogen-bond acceptors (Lipinski definition) is 4. The highest BCUT2D eigenvalue weighted by Crippen LogP contribution is 2.18. The first-order valence-corrected chi connectivity index (χ1v) is 7.02. The van der Waals surface area contributed by atoms with Gasteiger partial charge in [-0.1, -0.05) is 29.8 Å². The standard InChI is InChI=1S/C16H22N2O2/c1-11-6-5-7-14(8-11)16(19)20-17-15-9-13(3)18(4)10-12(15)2/h5-8,12-13H,9-10H2,1-4H3/b17-15-/t12-,13-/m1/s1. The molecule has 1 fully saturated rings. The zero-order valence-electron chi connectivity index (χ0n) is 12.6. The number of carbonyl (C=O) groups excluding carboxylic acids is 1. The van der Waals surface area contributed by atoms with Crippen LogP contribution in [0.25, 0.3) is 0 Å². The van der Waals surface area contributed by atoms with Crippen molar-refractivity contribution >= 4 is 11.7 Å². The van der Waals surface area contributed by atoms with Crippen molar-refractivity contribution in [3.63, 3.8) is 0 Å². The first-order chi connectivity index (χ1) is 9.47. The van der Waals surface area contributed by atoms with Crippen LogP contribution in [-0.4, -0.2) is 36.2 Å². The van der Waals surface area contributed by atoms with E-state index < -0.39 is 0 Å². The maximum absolute atomic E-state index is 12.0. The largest absolute Gasteiger partial charge is 0.365 e. The predicted octanol–water partition coefficient (Wildman–Crippen LogP) is 2.87. The molecular weight excluding hydrogens is 252 g/mol. The molecule has 108 valence electrons. The first kappa shape index (κ1) is 14.7. The van der Waals surface area contributed by atoms with E-state index in [9.17, 15) is 4.79 Å². The summed E-state index contributed by atoms with van der Waals surface area (Å²) < 4.78 is 0. The predicted molar refractivity (Wildman–Crippen MR) is 79.9 cm³/mol. The average molecular weight is 274 g/mol. The maximum atomic E-state index is 12.0. The van der Waals surface area contributed by atoms with Gasteiger partial charge in [0, 0.05) is 24.9 Å². The molecule has 0 saturated carbocycles. The van der Waals surface area contributed by atoms with Gasteiger partial charge in [0.05, 0.1) is 11.3 Å². The molecule has 0 spiro atoms. The number of aryl methyl sites for hydroxylation is 1. The molecule has 1 aliphatic heterocycles. The molecule has 1 aromatic rings. The van der Waals surface area contributed by atoms with E-state index >= 15 is 0 Å². The molecule has 0 aliphatic carbocycles. The van der Waals surface area contributed by atoms with Crippen molar-refractivity contribution in [2.24, 2.45) is 11.1 Å². The third kappa shape index (κ3) is 3.45. The van der Waals surface area contributed by atoms with Crippen LogP contribution in [0.5, 0.6) is 0 Å². The van der Waals surface area contributed by atoms with Gasteiger partial charge in [-0.15, -0.1) is 0 Å². The van der Waals surface area contributed by atoms with E-state index in [-0.39, 0.29) is 5.97 Å². The third-order valence-corrected chi connectivity index (χ3v) is 3.89. The van der Waals surface area contributed by atoms with Gasteiger partial charge < -0.3 is 9.74 Å². The number of carbonyl (C=O) groups is 1. The molecule has 1 heterocycles. The highest BCUT2D eigenvalue weighted by atomic mass is 16.7. The highest BCUT2D eigenvalue weighted by Gasteiger charge is 2.26. The fraction of sp³-hybridized carbons (Fsp3) is 0.500. The van der Waals surface area contributed by atoms with Crippen LogP contribution in [0.3, 0.4) is 0 Å². The fourth-order valence-corrected chi connectivity index (χ4v) is 2.43. The number of hydrogen-bond donors (Lipinski definition) is 0. The Hall–Kier alpha value is -1.68. The normalized spacial score (nSPS) is 25.7. The Balaban J connectivity index is 2.03. The number of piperidine rings is 1. The smallest absolute Gasteiger partial charge is 0.313 e. The Morgan fingerprint density at radius 1 is 1.40 bits per heavy atom. The number of likely N-dealkylation sites (tertiary alicyclic amines) is 1. The van der Waals surface area contributed by atoms with Crippen LogP contribution < -0.4 is 0 Å². The molecule has 4 nitrogen and oxygen atoms in total. The zero-order valence-corrected chi connectivity index (χ0v) is 12.6. The van der Waals surface area contributed by atoms with Gasteiger partial charge in [0.25, 0.3) is 0 Å². The van der Waals surface area contributed by atoms with Gasteiger partial charge in [-0.2, -0.15) is 0 Å². The van der Waals surface area contributed by atoms with Crippen LogP contribution in [0.15, 0.2) is 29.4 Å². The lowest BCUT2D eigenvalue weighted by atomic mass is 9.93. The van der Waals surface area contributed by atoms with Gasteiger partial charge in [0.15, 0.2) is 0 Å². The van der Waals surface area contributed by atoms with Crippen LogP contribution in [0.1, 0.15) is 36.2 Å². The number of rotatable bonds is 2. The Morgan fingerprint density at radius 2 is 2.15 bits per heavy atom. The van der Waals surface area contributed by atoms with Crippen molar-refractivity contribution in [1.29, 1.82) is 0 Å². The number of oxime groups is 1. The minimum atomic E-state index is -0.389. The number of benzene rings is 1. The minimum Gasteiger partial charge on any atom is -0.313 e. The Morgan fingerprint density at radius 3 is 2.85 bits per heavy atom. The topological polar surface area (TPSA) is 41.9 Å². The van der Waals surface area contributed by atoms with Crippen molar-refractivity contribution in [3.05, 3.63) is 35.4 Å². The van der Waals surface area contributed by atoms with E-state index in [1.54, 1.807) is 6.07 Å².